The normalized spacial score (nSPS) is 20.8. The van der Waals surface area contributed by atoms with Crippen molar-refractivity contribution in [2.75, 3.05) is 27.2 Å². The number of ether oxygens (including phenoxy) is 1. The van der Waals surface area contributed by atoms with E-state index in [-0.39, 0.29) is 33.6 Å². The van der Waals surface area contributed by atoms with Crippen LogP contribution in [0.4, 0.5) is 4.79 Å². The van der Waals surface area contributed by atoms with Crippen LogP contribution in [0.5, 0.6) is 0 Å². The molecule has 1 amide bonds. The zero-order valence-corrected chi connectivity index (χ0v) is 19.2. The van der Waals surface area contributed by atoms with Crippen LogP contribution < -0.4 is 0 Å². The van der Waals surface area contributed by atoms with Crippen LogP contribution in [0.3, 0.4) is 0 Å². The van der Waals surface area contributed by atoms with Crippen molar-refractivity contribution in [1.82, 2.24) is 9.80 Å². The Morgan fingerprint density at radius 2 is 2.10 bits per heavy atom. The van der Waals surface area contributed by atoms with E-state index in [1.54, 1.807) is 27.9 Å². The summed E-state index contributed by atoms with van der Waals surface area (Å²) in [6.07, 6.45) is 2.09. The molecule has 29 heavy (non-hydrogen) atoms. The predicted octanol–water partition coefficient (Wildman–Crippen LogP) is 2.28. The van der Waals surface area contributed by atoms with E-state index < -0.39 is 37.2 Å². The van der Waals surface area contributed by atoms with Crippen molar-refractivity contribution < 1.29 is 26.4 Å². The Hall–Kier alpha value is -1.92. The molecule has 162 valence electrons. The van der Waals surface area contributed by atoms with Gasteiger partial charge in [0.05, 0.1) is 11.3 Å². The molecule has 2 heterocycles. The highest BCUT2D eigenvalue weighted by Gasteiger charge is 2.43. The number of thiophene rings is 1. The summed E-state index contributed by atoms with van der Waals surface area (Å²) in [5, 5.41) is -0.777. The van der Waals surface area contributed by atoms with Crippen molar-refractivity contribution in [3.63, 3.8) is 0 Å². The Bertz CT molecular complexity index is 1010. The molecule has 0 aliphatic carbocycles. The zero-order valence-electron chi connectivity index (χ0n) is 16.7. The van der Waals surface area contributed by atoms with Gasteiger partial charge in [0.2, 0.25) is 0 Å². The van der Waals surface area contributed by atoms with Crippen LogP contribution in [-0.2, 0) is 24.6 Å². The van der Waals surface area contributed by atoms with E-state index in [2.05, 4.69) is 11.0 Å². The van der Waals surface area contributed by atoms with Gasteiger partial charge in [-0.05, 0) is 26.3 Å². The lowest BCUT2D eigenvalue weighted by atomic mass is 10.0. The van der Waals surface area contributed by atoms with Crippen LogP contribution >= 0.6 is 11.3 Å². The second kappa shape index (κ2) is 8.84. The standard InChI is InChI=1S/C17H25N3O6S3/c1-6-8-26-17(21)20(7-2)14-9-12(3)28(22,23)16-13(14)10-15(27-16)29(24,25)18-11-19(4)5/h6,10-12,14H,1,7-9H2,2-5H3/t12?,14-/m0/s1. The first kappa shape index (κ1) is 23.4. The Balaban J connectivity index is 2.57. The fraction of sp³-hybridized carbons (Fsp3) is 0.529. The van der Waals surface area contributed by atoms with E-state index in [9.17, 15) is 21.6 Å². The van der Waals surface area contributed by atoms with Gasteiger partial charge < -0.3 is 14.5 Å². The van der Waals surface area contributed by atoms with Gasteiger partial charge in [-0.1, -0.05) is 12.7 Å². The third-order valence-corrected chi connectivity index (χ3v) is 9.92. The summed E-state index contributed by atoms with van der Waals surface area (Å²) in [5.41, 5.74) is 0.282. The molecule has 0 saturated heterocycles. The lowest BCUT2D eigenvalue weighted by Gasteiger charge is -2.35. The Labute approximate surface area is 175 Å². The number of rotatable bonds is 7. The third kappa shape index (κ3) is 4.81. The molecule has 0 N–H and O–H groups in total. The van der Waals surface area contributed by atoms with E-state index in [1.165, 1.54) is 21.9 Å². The van der Waals surface area contributed by atoms with E-state index in [0.717, 1.165) is 6.34 Å². The minimum absolute atomic E-state index is 0.0191. The summed E-state index contributed by atoms with van der Waals surface area (Å²) in [5.74, 6) is 0. The average Bonchev–Trinajstić information content (AvgIpc) is 3.11. The van der Waals surface area contributed by atoms with Crippen LogP contribution in [0.25, 0.3) is 0 Å². The molecule has 0 bridgehead atoms. The largest absolute Gasteiger partial charge is 0.445 e. The molecular weight excluding hydrogens is 438 g/mol. The highest BCUT2D eigenvalue weighted by Crippen LogP contribution is 2.45. The van der Waals surface area contributed by atoms with Crippen molar-refractivity contribution in [2.24, 2.45) is 4.40 Å². The van der Waals surface area contributed by atoms with E-state index in [4.69, 9.17) is 4.74 Å². The number of hydrogen-bond donors (Lipinski definition) is 0. The van der Waals surface area contributed by atoms with Gasteiger partial charge >= 0.3 is 6.09 Å². The molecule has 0 radical (unpaired) electrons. The molecule has 1 unspecified atom stereocenters. The van der Waals surface area contributed by atoms with Gasteiger partial charge in [0.25, 0.3) is 10.0 Å². The van der Waals surface area contributed by atoms with Crippen molar-refractivity contribution in [2.45, 2.75) is 40.0 Å². The summed E-state index contributed by atoms with van der Waals surface area (Å²) in [4.78, 5) is 15.3. The van der Waals surface area contributed by atoms with Crippen LogP contribution in [0.1, 0.15) is 31.9 Å². The van der Waals surface area contributed by atoms with Gasteiger partial charge in [-0.25, -0.2) is 13.2 Å². The Kier molecular flexibility index (Phi) is 7.12. The van der Waals surface area contributed by atoms with Gasteiger partial charge in [0.1, 0.15) is 21.4 Å². The fourth-order valence-electron chi connectivity index (χ4n) is 2.89. The fourth-order valence-corrected chi connectivity index (χ4v) is 7.78. The van der Waals surface area contributed by atoms with Crippen LogP contribution in [0.15, 0.2) is 31.5 Å². The van der Waals surface area contributed by atoms with Gasteiger partial charge in [-0.2, -0.15) is 8.42 Å². The van der Waals surface area contributed by atoms with Gasteiger partial charge in [0.15, 0.2) is 9.84 Å². The molecule has 12 heteroatoms. The molecule has 9 nitrogen and oxygen atoms in total. The smallest absolute Gasteiger partial charge is 0.410 e. The van der Waals surface area contributed by atoms with Crippen molar-refractivity contribution >= 4 is 43.6 Å². The van der Waals surface area contributed by atoms with Crippen molar-refractivity contribution in [1.29, 1.82) is 0 Å². The van der Waals surface area contributed by atoms with Crippen molar-refractivity contribution in [3.8, 4) is 0 Å². The molecule has 1 aliphatic heterocycles. The van der Waals surface area contributed by atoms with E-state index in [0.29, 0.717) is 11.3 Å². The average molecular weight is 464 g/mol. The second-order valence-electron chi connectivity index (χ2n) is 6.73. The van der Waals surface area contributed by atoms with E-state index in [1.807, 2.05) is 0 Å². The third-order valence-electron chi connectivity index (χ3n) is 4.35. The Morgan fingerprint density at radius 1 is 1.45 bits per heavy atom. The lowest BCUT2D eigenvalue weighted by Crippen LogP contribution is -2.40. The molecule has 1 aromatic rings. The molecule has 0 aromatic carbocycles. The Morgan fingerprint density at radius 3 is 2.66 bits per heavy atom. The molecule has 0 saturated carbocycles. The maximum Gasteiger partial charge on any atom is 0.410 e. The maximum absolute atomic E-state index is 12.8. The topological polar surface area (TPSA) is 113 Å². The molecule has 1 aliphatic rings. The number of sulfonamides is 1. The highest BCUT2D eigenvalue weighted by atomic mass is 32.3. The minimum Gasteiger partial charge on any atom is -0.445 e. The van der Waals surface area contributed by atoms with E-state index >= 15 is 0 Å². The number of carbonyl (C=O) groups is 1. The van der Waals surface area contributed by atoms with Crippen LogP contribution in [0.2, 0.25) is 0 Å². The van der Waals surface area contributed by atoms with Crippen LogP contribution in [-0.4, -0.2) is 71.6 Å². The first-order chi connectivity index (χ1) is 13.5. The van der Waals surface area contributed by atoms with Gasteiger partial charge in [0, 0.05) is 26.2 Å². The number of sulfone groups is 1. The second-order valence-corrected chi connectivity index (χ2v) is 12.2. The highest BCUT2D eigenvalue weighted by molar-refractivity contribution is 7.96. The van der Waals surface area contributed by atoms with Crippen LogP contribution in [0, 0.1) is 0 Å². The quantitative estimate of drug-likeness (QED) is 0.346. The minimum atomic E-state index is -4.07. The first-order valence-corrected chi connectivity index (χ1v) is 12.6. The molecule has 0 fully saturated rings. The molecule has 1 aromatic heterocycles. The molecule has 0 spiro atoms. The van der Waals surface area contributed by atoms with Gasteiger partial charge in [-0.15, -0.1) is 15.7 Å². The summed E-state index contributed by atoms with van der Waals surface area (Å²) in [7, 11) is -4.55. The summed E-state index contributed by atoms with van der Waals surface area (Å²) in [6, 6.07) is 0.684. The summed E-state index contributed by atoms with van der Waals surface area (Å²) < 4.78 is 59.2. The monoisotopic (exact) mass is 463 g/mol. The number of amides is 1. The number of carbonyl (C=O) groups excluding carboxylic acids is 1. The van der Waals surface area contributed by atoms with Gasteiger partial charge in [-0.3, -0.25) is 0 Å². The summed E-state index contributed by atoms with van der Waals surface area (Å²) >= 11 is 0.663. The zero-order chi connectivity index (χ0) is 22.0. The SMILES string of the molecule is C=CCOC(=O)N(CC)[C@H]1CC(C)S(=O)(=O)c2sc(S(=O)(=O)N=CN(C)C)cc21. The lowest BCUT2D eigenvalue weighted by molar-refractivity contribution is 0.0937. The molecule has 2 rings (SSSR count). The number of nitrogens with zero attached hydrogens (tertiary/aromatic N) is 3. The first-order valence-electron chi connectivity index (χ1n) is 8.84. The number of fused-ring (bicyclic) bond motifs is 1. The maximum atomic E-state index is 12.8. The molecular formula is C17H25N3O6S3. The predicted molar refractivity (Wildman–Crippen MR) is 112 cm³/mol. The molecule has 2 atom stereocenters. The van der Waals surface area contributed by atoms with Crippen molar-refractivity contribution in [3.05, 3.63) is 24.3 Å². The number of hydrogen-bond acceptors (Lipinski definition) is 7. The summed E-state index contributed by atoms with van der Waals surface area (Å²) in [6.45, 7) is 7.08.